The maximum Gasteiger partial charge on any atom is 0.271 e. The molecule has 2 heterocycles. The van der Waals surface area contributed by atoms with Gasteiger partial charge in [-0.1, -0.05) is 12.1 Å². The third kappa shape index (κ3) is 2.71. The smallest absolute Gasteiger partial charge is 0.271 e. The molecular formula is C14H10N2O2S2. The molecule has 0 amide bonds. The highest BCUT2D eigenvalue weighted by Gasteiger charge is 2.07. The first-order chi connectivity index (χ1) is 9.72. The molecule has 2 aromatic heterocycles. The Morgan fingerprint density at radius 1 is 1.05 bits per heavy atom. The third-order valence-corrected chi connectivity index (χ3v) is 4.76. The number of nitro groups is 1. The molecule has 100 valence electrons. The van der Waals surface area contributed by atoms with Gasteiger partial charge in [-0.2, -0.15) is 0 Å². The molecule has 1 aromatic carbocycles. The Labute approximate surface area is 123 Å². The summed E-state index contributed by atoms with van der Waals surface area (Å²) in [7, 11) is 0. The summed E-state index contributed by atoms with van der Waals surface area (Å²) in [6.07, 6.45) is 0. The van der Waals surface area contributed by atoms with E-state index in [4.69, 9.17) is 0 Å². The van der Waals surface area contributed by atoms with E-state index in [2.05, 4.69) is 17.4 Å². The average molecular weight is 302 g/mol. The average Bonchev–Trinajstić information content (AvgIpc) is 3.09. The van der Waals surface area contributed by atoms with E-state index in [1.165, 1.54) is 21.9 Å². The van der Waals surface area contributed by atoms with Crippen molar-refractivity contribution >= 4 is 39.0 Å². The van der Waals surface area contributed by atoms with Crippen molar-refractivity contribution in [3.05, 3.63) is 64.0 Å². The van der Waals surface area contributed by atoms with Crippen LogP contribution in [-0.2, 0) is 0 Å². The van der Waals surface area contributed by atoms with Crippen molar-refractivity contribution in [1.82, 2.24) is 0 Å². The summed E-state index contributed by atoms with van der Waals surface area (Å²) in [6, 6.07) is 14.6. The van der Waals surface area contributed by atoms with Crippen LogP contribution < -0.4 is 5.32 Å². The number of hydrogen-bond donors (Lipinski definition) is 1. The van der Waals surface area contributed by atoms with Gasteiger partial charge in [0.15, 0.2) is 0 Å². The molecule has 4 nitrogen and oxygen atoms in total. The Morgan fingerprint density at radius 2 is 1.95 bits per heavy atom. The summed E-state index contributed by atoms with van der Waals surface area (Å²) in [4.78, 5) is 12.8. The summed E-state index contributed by atoms with van der Waals surface area (Å²) in [5.74, 6) is 0. The Kier molecular flexibility index (Phi) is 3.49. The standard InChI is InChI=1S/C14H10N2O2S2/c17-16(18)11-4-1-3-10(9-11)15-14-7-6-13(20-14)12-5-2-8-19-12/h1-9,15H. The van der Waals surface area contributed by atoms with Crippen LogP contribution in [0.5, 0.6) is 0 Å². The monoisotopic (exact) mass is 302 g/mol. The molecule has 1 N–H and O–H groups in total. The predicted octanol–water partition coefficient (Wildman–Crippen LogP) is 5.13. The van der Waals surface area contributed by atoms with Gasteiger partial charge in [0.05, 0.1) is 9.92 Å². The quantitative estimate of drug-likeness (QED) is 0.537. The van der Waals surface area contributed by atoms with E-state index in [1.54, 1.807) is 28.7 Å². The number of hydrogen-bond acceptors (Lipinski definition) is 5. The van der Waals surface area contributed by atoms with E-state index in [1.807, 2.05) is 23.6 Å². The van der Waals surface area contributed by atoms with Gasteiger partial charge in [-0.15, -0.1) is 22.7 Å². The largest absolute Gasteiger partial charge is 0.347 e. The summed E-state index contributed by atoms with van der Waals surface area (Å²) < 4.78 is 0. The second kappa shape index (κ2) is 5.44. The van der Waals surface area contributed by atoms with Crippen molar-refractivity contribution in [2.24, 2.45) is 0 Å². The third-order valence-electron chi connectivity index (χ3n) is 2.69. The molecule has 0 fully saturated rings. The van der Waals surface area contributed by atoms with E-state index in [0.29, 0.717) is 0 Å². The zero-order chi connectivity index (χ0) is 13.9. The second-order valence-electron chi connectivity index (χ2n) is 4.07. The van der Waals surface area contributed by atoms with Crippen LogP contribution in [0, 0.1) is 10.1 Å². The van der Waals surface area contributed by atoms with Crippen LogP contribution in [0.15, 0.2) is 53.9 Å². The van der Waals surface area contributed by atoms with Gasteiger partial charge in [-0.05, 0) is 29.6 Å². The van der Waals surface area contributed by atoms with Crippen molar-refractivity contribution in [2.45, 2.75) is 0 Å². The van der Waals surface area contributed by atoms with Crippen LogP contribution in [0.4, 0.5) is 16.4 Å². The fourth-order valence-corrected chi connectivity index (χ4v) is 3.56. The molecular weight excluding hydrogens is 292 g/mol. The summed E-state index contributed by atoms with van der Waals surface area (Å²) >= 11 is 3.32. The van der Waals surface area contributed by atoms with Gasteiger partial charge in [-0.3, -0.25) is 10.1 Å². The van der Waals surface area contributed by atoms with Gasteiger partial charge in [0.1, 0.15) is 0 Å². The molecule has 0 bridgehead atoms. The summed E-state index contributed by atoms with van der Waals surface area (Å²) in [5, 5.41) is 17.0. The minimum Gasteiger partial charge on any atom is -0.347 e. The van der Waals surface area contributed by atoms with Gasteiger partial charge < -0.3 is 5.32 Å². The van der Waals surface area contributed by atoms with Crippen LogP contribution in [0.1, 0.15) is 0 Å². The number of rotatable bonds is 4. The topological polar surface area (TPSA) is 55.2 Å². The first-order valence-electron chi connectivity index (χ1n) is 5.87. The van der Waals surface area contributed by atoms with Crippen molar-refractivity contribution in [3.63, 3.8) is 0 Å². The first-order valence-corrected chi connectivity index (χ1v) is 7.57. The van der Waals surface area contributed by atoms with Crippen LogP contribution in [-0.4, -0.2) is 4.92 Å². The maximum atomic E-state index is 10.7. The number of nitro benzene ring substituents is 1. The second-order valence-corrected chi connectivity index (χ2v) is 6.11. The molecule has 0 unspecified atom stereocenters. The maximum absolute atomic E-state index is 10.7. The number of nitrogens with zero attached hydrogens (tertiary/aromatic N) is 1. The van der Waals surface area contributed by atoms with E-state index < -0.39 is 4.92 Å². The molecule has 3 aromatic rings. The predicted molar refractivity (Wildman–Crippen MR) is 84.0 cm³/mol. The SMILES string of the molecule is O=[N+]([O-])c1cccc(Nc2ccc(-c3cccs3)s2)c1. The molecule has 0 aliphatic heterocycles. The van der Waals surface area contributed by atoms with E-state index >= 15 is 0 Å². The Hall–Kier alpha value is -2.18. The summed E-state index contributed by atoms with van der Waals surface area (Å²) in [6.45, 7) is 0. The molecule has 0 atom stereocenters. The van der Waals surface area contributed by atoms with Crippen LogP contribution in [0.25, 0.3) is 9.75 Å². The molecule has 0 saturated carbocycles. The zero-order valence-electron chi connectivity index (χ0n) is 10.3. The lowest BCUT2D eigenvalue weighted by Crippen LogP contribution is -1.91. The highest BCUT2D eigenvalue weighted by Crippen LogP contribution is 2.35. The van der Waals surface area contributed by atoms with Crippen molar-refractivity contribution < 1.29 is 4.92 Å². The van der Waals surface area contributed by atoms with Gasteiger partial charge in [-0.25, -0.2) is 0 Å². The molecule has 6 heteroatoms. The number of nitrogens with one attached hydrogen (secondary N) is 1. The van der Waals surface area contributed by atoms with Gasteiger partial charge in [0, 0.05) is 27.6 Å². The number of benzene rings is 1. The van der Waals surface area contributed by atoms with Crippen LogP contribution in [0.2, 0.25) is 0 Å². The minimum atomic E-state index is -0.392. The Balaban J connectivity index is 1.81. The lowest BCUT2D eigenvalue weighted by Gasteiger charge is -2.02. The molecule has 0 spiro atoms. The number of anilines is 2. The minimum absolute atomic E-state index is 0.0880. The van der Waals surface area contributed by atoms with Crippen molar-refractivity contribution in [2.75, 3.05) is 5.32 Å². The van der Waals surface area contributed by atoms with E-state index in [-0.39, 0.29) is 5.69 Å². The van der Waals surface area contributed by atoms with Crippen LogP contribution >= 0.6 is 22.7 Å². The van der Waals surface area contributed by atoms with Gasteiger partial charge in [0.25, 0.3) is 5.69 Å². The van der Waals surface area contributed by atoms with E-state index in [0.717, 1.165) is 10.7 Å². The van der Waals surface area contributed by atoms with Gasteiger partial charge in [0.2, 0.25) is 0 Å². The zero-order valence-corrected chi connectivity index (χ0v) is 11.9. The normalized spacial score (nSPS) is 10.4. The number of non-ortho nitro benzene ring substituents is 1. The molecule has 0 aliphatic rings. The fourth-order valence-electron chi connectivity index (χ4n) is 1.80. The first kappa shape index (κ1) is 12.8. The summed E-state index contributed by atoms with van der Waals surface area (Å²) in [5.41, 5.74) is 0.809. The van der Waals surface area contributed by atoms with E-state index in [9.17, 15) is 10.1 Å². The number of thiophene rings is 2. The Morgan fingerprint density at radius 3 is 2.70 bits per heavy atom. The lowest BCUT2D eigenvalue weighted by atomic mass is 10.3. The molecule has 0 aliphatic carbocycles. The molecule has 0 radical (unpaired) electrons. The van der Waals surface area contributed by atoms with Crippen molar-refractivity contribution in [1.29, 1.82) is 0 Å². The highest BCUT2D eigenvalue weighted by molar-refractivity contribution is 7.23. The lowest BCUT2D eigenvalue weighted by molar-refractivity contribution is -0.384. The van der Waals surface area contributed by atoms with Gasteiger partial charge >= 0.3 is 0 Å². The Bertz CT molecular complexity index is 735. The molecule has 0 saturated heterocycles. The molecule has 3 rings (SSSR count). The molecule has 20 heavy (non-hydrogen) atoms. The van der Waals surface area contributed by atoms with Crippen LogP contribution in [0.3, 0.4) is 0 Å². The van der Waals surface area contributed by atoms with Crippen molar-refractivity contribution in [3.8, 4) is 9.75 Å². The highest BCUT2D eigenvalue weighted by atomic mass is 32.1. The fraction of sp³-hybridized carbons (Fsp3) is 0.